The summed E-state index contributed by atoms with van der Waals surface area (Å²) in [4.78, 5) is -1.10. The summed E-state index contributed by atoms with van der Waals surface area (Å²) in [7, 11) is -9.48. The molecule has 2 aromatic carbocycles. The average molecular weight is 460 g/mol. The second-order valence-corrected chi connectivity index (χ2v) is 6.21. The molecule has 0 bridgehead atoms. The second-order valence-electron chi connectivity index (χ2n) is 3.52. The van der Waals surface area contributed by atoms with E-state index in [0.717, 1.165) is 12.1 Å². The molecule has 0 unspecified atom stereocenters. The SMILES string of the molecule is O.O.O=S(=O)([O-])c1cccc2c(S(=O)(=O)[O-])cccc12.[Ba+2]. The Hall–Kier alpha value is 0.0114. The van der Waals surface area contributed by atoms with Crippen molar-refractivity contribution in [2.24, 2.45) is 0 Å². The molecule has 0 aromatic heterocycles. The minimum absolute atomic E-state index is 0. The van der Waals surface area contributed by atoms with Crippen molar-refractivity contribution in [1.82, 2.24) is 0 Å². The van der Waals surface area contributed by atoms with Crippen molar-refractivity contribution in [3.8, 4) is 0 Å². The van der Waals surface area contributed by atoms with E-state index in [0.29, 0.717) is 0 Å². The van der Waals surface area contributed by atoms with Gasteiger partial charge in [0, 0.05) is 10.8 Å². The maximum Gasteiger partial charge on any atom is 2.00 e. The van der Waals surface area contributed by atoms with Crippen molar-refractivity contribution < 1.29 is 36.9 Å². The molecule has 0 heterocycles. The molecule has 4 N–H and O–H groups in total. The number of rotatable bonds is 2. The summed E-state index contributed by atoms with van der Waals surface area (Å²) in [5.74, 6) is 0. The second kappa shape index (κ2) is 8.03. The van der Waals surface area contributed by atoms with Crippen LogP contribution in [0.4, 0.5) is 0 Å². The Morgan fingerprint density at radius 1 is 0.667 bits per heavy atom. The molecule has 11 heteroatoms. The van der Waals surface area contributed by atoms with Gasteiger partial charge in [-0.05, 0) is 12.1 Å². The first-order valence-corrected chi connectivity index (χ1v) is 7.46. The van der Waals surface area contributed by atoms with Crippen LogP contribution in [0.15, 0.2) is 46.2 Å². The molecule has 0 amide bonds. The first kappa shape index (κ1) is 23.3. The summed E-state index contributed by atoms with van der Waals surface area (Å²) in [6, 6.07) is 7.09. The number of hydrogen-bond donors (Lipinski definition) is 0. The predicted molar refractivity (Wildman–Crippen MR) is 72.9 cm³/mol. The standard InChI is InChI=1S/C10H8O6S2.Ba.2H2O/c11-17(12,13)9-5-1-3-7-8(9)4-2-6-10(7)18(14,15)16;;;/h1-6H,(H,11,12,13)(H,14,15,16);;2*1H2/q;+2;;/p-2. The summed E-state index contributed by atoms with van der Waals surface area (Å²) in [6.07, 6.45) is 0. The molecular formula is C10H10BaO8S2. The first-order valence-electron chi connectivity index (χ1n) is 4.65. The third-order valence-electron chi connectivity index (χ3n) is 2.38. The van der Waals surface area contributed by atoms with E-state index in [2.05, 4.69) is 0 Å². The van der Waals surface area contributed by atoms with E-state index in [4.69, 9.17) is 0 Å². The zero-order valence-corrected chi connectivity index (χ0v) is 16.5. The topological polar surface area (TPSA) is 177 Å². The number of fused-ring (bicyclic) bond motifs is 1. The van der Waals surface area contributed by atoms with Crippen molar-refractivity contribution >= 4 is 79.9 Å². The summed E-state index contributed by atoms with van der Waals surface area (Å²) < 4.78 is 66.1. The van der Waals surface area contributed by atoms with Gasteiger partial charge in [0.1, 0.15) is 20.2 Å². The van der Waals surface area contributed by atoms with E-state index in [1.165, 1.54) is 24.3 Å². The normalized spacial score (nSPS) is 11.0. The van der Waals surface area contributed by atoms with Crippen LogP contribution in [0.1, 0.15) is 0 Å². The average Bonchev–Trinajstić information content (AvgIpc) is 2.24. The Morgan fingerprint density at radius 2 is 0.952 bits per heavy atom. The van der Waals surface area contributed by atoms with Crippen LogP contribution in [-0.4, -0.2) is 85.8 Å². The van der Waals surface area contributed by atoms with Crippen molar-refractivity contribution in [3.05, 3.63) is 36.4 Å². The maximum atomic E-state index is 11.0. The summed E-state index contributed by atoms with van der Waals surface area (Å²) in [6.45, 7) is 0. The van der Waals surface area contributed by atoms with Gasteiger partial charge >= 0.3 is 48.9 Å². The molecule has 8 nitrogen and oxygen atoms in total. The molecular weight excluding hydrogens is 450 g/mol. The molecule has 0 aliphatic rings. The van der Waals surface area contributed by atoms with Gasteiger partial charge in [0.2, 0.25) is 0 Å². The smallest absolute Gasteiger partial charge is 0.744 e. The Kier molecular flexibility index (Phi) is 8.90. The zero-order valence-electron chi connectivity index (χ0n) is 10.4. The fourth-order valence-electron chi connectivity index (χ4n) is 1.69. The van der Waals surface area contributed by atoms with Crippen LogP contribution >= 0.6 is 0 Å². The Balaban J connectivity index is 0. The van der Waals surface area contributed by atoms with Gasteiger partial charge in [-0.25, -0.2) is 16.8 Å². The molecule has 0 saturated heterocycles. The third-order valence-corrected chi connectivity index (χ3v) is 4.17. The Morgan fingerprint density at radius 3 is 1.19 bits per heavy atom. The monoisotopic (exact) mass is 460 g/mol. The molecule has 21 heavy (non-hydrogen) atoms. The van der Waals surface area contributed by atoms with E-state index in [-0.39, 0.29) is 70.6 Å². The minimum atomic E-state index is -4.74. The molecule has 2 rings (SSSR count). The number of benzene rings is 2. The van der Waals surface area contributed by atoms with Crippen molar-refractivity contribution in [1.29, 1.82) is 0 Å². The van der Waals surface area contributed by atoms with Gasteiger partial charge in [0.05, 0.1) is 9.79 Å². The van der Waals surface area contributed by atoms with E-state index >= 15 is 0 Å². The van der Waals surface area contributed by atoms with Crippen LogP contribution in [0.25, 0.3) is 10.8 Å². The molecule has 0 fully saturated rings. The fourth-order valence-corrected chi connectivity index (χ4v) is 3.07. The van der Waals surface area contributed by atoms with Crippen LogP contribution < -0.4 is 0 Å². The van der Waals surface area contributed by atoms with Gasteiger partial charge in [-0.2, -0.15) is 0 Å². The van der Waals surface area contributed by atoms with E-state index in [1.54, 1.807) is 0 Å². The number of hydrogen-bond acceptors (Lipinski definition) is 6. The van der Waals surface area contributed by atoms with Crippen molar-refractivity contribution in [3.63, 3.8) is 0 Å². The predicted octanol–water partition coefficient (Wildman–Crippen LogP) is -1.38. The van der Waals surface area contributed by atoms with Gasteiger partial charge in [-0.1, -0.05) is 24.3 Å². The fraction of sp³-hybridized carbons (Fsp3) is 0. The van der Waals surface area contributed by atoms with E-state index in [1.807, 2.05) is 0 Å². The molecule has 0 saturated carbocycles. The van der Waals surface area contributed by atoms with E-state index < -0.39 is 30.0 Å². The molecule has 2 aromatic rings. The minimum Gasteiger partial charge on any atom is -0.744 e. The molecule has 0 aliphatic carbocycles. The van der Waals surface area contributed by atoms with Crippen LogP contribution in [-0.2, 0) is 20.2 Å². The quantitative estimate of drug-likeness (QED) is 0.394. The van der Waals surface area contributed by atoms with Gasteiger partial charge in [0.25, 0.3) is 0 Å². The Bertz CT molecular complexity index is 758. The van der Waals surface area contributed by atoms with Crippen LogP contribution in [0, 0.1) is 0 Å². The summed E-state index contributed by atoms with van der Waals surface area (Å²) in [5, 5.41) is -0.158. The van der Waals surface area contributed by atoms with E-state index in [9.17, 15) is 25.9 Å². The molecule has 0 radical (unpaired) electrons. The summed E-state index contributed by atoms with van der Waals surface area (Å²) in [5.41, 5.74) is 0. The van der Waals surface area contributed by atoms with Gasteiger partial charge in [0.15, 0.2) is 0 Å². The first-order chi connectivity index (χ1) is 8.21. The van der Waals surface area contributed by atoms with Crippen molar-refractivity contribution in [2.45, 2.75) is 9.79 Å². The van der Waals surface area contributed by atoms with Gasteiger partial charge in [-0.15, -0.1) is 0 Å². The molecule has 0 atom stereocenters. The van der Waals surface area contributed by atoms with Crippen molar-refractivity contribution in [2.75, 3.05) is 0 Å². The van der Waals surface area contributed by atoms with Crippen LogP contribution in [0.3, 0.4) is 0 Å². The molecule has 0 aliphatic heterocycles. The maximum absolute atomic E-state index is 11.0. The molecule has 0 spiro atoms. The molecule has 112 valence electrons. The zero-order chi connectivity index (χ0) is 13.6. The third kappa shape index (κ3) is 5.01. The van der Waals surface area contributed by atoms with Gasteiger partial charge in [-0.3, -0.25) is 0 Å². The van der Waals surface area contributed by atoms with Crippen LogP contribution in [0.5, 0.6) is 0 Å². The van der Waals surface area contributed by atoms with Gasteiger partial charge < -0.3 is 20.1 Å². The summed E-state index contributed by atoms with van der Waals surface area (Å²) >= 11 is 0. The largest absolute Gasteiger partial charge is 2.00 e. The Labute approximate surface area is 161 Å². The van der Waals surface area contributed by atoms with Crippen LogP contribution in [0.2, 0.25) is 0 Å².